The number of rotatable bonds is 6. The molecule has 1 N–H and O–H groups in total. The van der Waals surface area contributed by atoms with Crippen molar-refractivity contribution >= 4 is 40.4 Å². The Bertz CT molecular complexity index is 923. The first kappa shape index (κ1) is 18.9. The van der Waals surface area contributed by atoms with Crippen LogP contribution in [0.15, 0.2) is 40.9 Å². The quantitative estimate of drug-likeness (QED) is 0.610. The summed E-state index contributed by atoms with van der Waals surface area (Å²) in [4.78, 5) is 13.7. The zero-order valence-corrected chi connectivity index (χ0v) is 16.4. The maximum Gasteiger partial charge on any atom is 0.257 e. The molecule has 1 aromatic carbocycles. The number of benzene rings is 1. The summed E-state index contributed by atoms with van der Waals surface area (Å²) in [6.45, 7) is 1.98. The summed E-state index contributed by atoms with van der Waals surface area (Å²) in [6.07, 6.45) is -0.291. The first-order valence-electron chi connectivity index (χ1n) is 7.78. The molecule has 8 heteroatoms. The van der Waals surface area contributed by atoms with E-state index in [1.54, 1.807) is 32.2 Å². The minimum atomic E-state index is -0.302. The molecule has 0 bridgehead atoms. The van der Waals surface area contributed by atoms with Crippen LogP contribution < -0.4 is 5.32 Å². The summed E-state index contributed by atoms with van der Waals surface area (Å²) in [5.41, 5.74) is 1.42. The lowest BCUT2D eigenvalue weighted by Gasteiger charge is -2.14. The fourth-order valence-corrected chi connectivity index (χ4v) is 3.92. The highest BCUT2D eigenvalue weighted by Crippen LogP contribution is 2.31. The van der Waals surface area contributed by atoms with Gasteiger partial charge in [-0.05, 0) is 25.1 Å². The van der Waals surface area contributed by atoms with E-state index in [9.17, 15) is 4.79 Å². The van der Waals surface area contributed by atoms with Crippen LogP contribution in [0.2, 0.25) is 9.36 Å². The summed E-state index contributed by atoms with van der Waals surface area (Å²) in [7, 11) is 1.59. The highest BCUT2D eigenvalue weighted by Gasteiger charge is 2.24. The zero-order valence-electron chi connectivity index (χ0n) is 14.1. The maximum absolute atomic E-state index is 12.8. The fourth-order valence-electron chi connectivity index (χ4n) is 2.55. The van der Waals surface area contributed by atoms with Crippen LogP contribution in [0.25, 0.3) is 11.3 Å². The summed E-state index contributed by atoms with van der Waals surface area (Å²) >= 11 is 13.6. The van der Waals surface area contributed by atoms with Crippen molar-refractivity contribution in [2.24, 2.45) is 0 Å². The average Bonchev–Trinajstić information content (AvgIpc) is 3.22. The minimum absolute atomic E-state index is 0.290. The Morgan fingerprint density at radius 2 is 2.08 bits per heavy atom. The summed E-state index contributed by atoms with van der Waals surface area (Å²) < 4.78 is 11.4. The van der Waals surface area contributed by atoms with E-state index < -0.39 is 0 Å². The van der Waals surface area contributed by atoms with E-state index >= 15 is 0 Å². The van der Waals surface area contributed by atoms with Gasteiger partial charge in [-0.25, -0.2) is 0 Å². The number of hydrogen-bond acceptors (Lipinski definition) is 5. The topological polar surface area (TPSA) is 64.4 Å². The number of carbonyl (C=O) groups excluding carboxylic acids is 1. The number of aryl methyl sites for hydroxylation is 1. The lowest BCUT2D eigenvalue weighted by molar-refractivity contribution is 0.0837. The van der Waals surface area contributed by atoms with Crippen molar-refractivity contribution in [1.82, 2.24) is 10.5 Å². The molecule has 0 aliphatic heterocycles. The second kappa shape index (κ2) is 8.22. The van der Waals surface area contributed by atoms with Crippen molar-refractivity contribution in [2.45, 2.75) is 13.0 Å². The van der Waals surface area contributed by atoms with Crippen LogP contribution >= 0.6 is 34.5 Å². The Kier molecular flexibility index (Phi) is 5.98. The standard InChI is InChI=1S/C18H16Cl2N2O3S/c1-10-16(17(22-25-10)11-5-3-4-6-12(11)19)18(23)21-9-13(24-2)14-7-8-15(20)26-14/h3-8,13H,9H2,1-2H3,(H,21,23)/t13-/m0/s1. The van der Waals surface area contributed by atoms with Gasteiger partial charge in [0.25, 0.3) is 5.91 Å². The van der Waals surface area contributed by atoms with Crippen molar-refractivity contribution in [3.8, 4) is 11.3 Å². The van der Waals surface area contributed by atoms with Crippen molar-refractivity contribution < 1.29 is 14.1 Å². The van der Waals surface area contributed by atoms with Gasteiger partial charge in [0.15, 0.2) is 0 Å². The smallest absolute Gasteiger partial charge is 0.257 e. The third-order valence-electron chi connectivity index (χ3n) is 3.86. The first-order chi connectivity index (χ1) is 12.5. The van der Waals surface area contributed by atoms with E-state index in [-0.39, 0.29) is 12.0 Å². The van der Waals surface area contributed by atoms with E-state index in [1.807, 2.05) is 18.2 Å². The number of ether oxygens (including phenoxy) is 1. The Balaban J connectivity index is 1.80. The summed E-state index contributed by atoms with van der Waals surface area (Å²) in [6, 6.07) is 10.9. The number of nitrogens with zero attached hydrogens (tertiary/aromatic N) is 1. The van der Waals surface area contributed by atoms with Crippen molar-refractivity contribution in [2.75, 3.05) is 13.7 Å². The van der Waals surface area contributed by atoms with Gasteiger partial charge in [0.05, 0.1) is 9.36 Å². The van der Waals surface area contributed by atoms with Gasteiger partial charge in [0.2, 0.25) is 0 Å². The zero-order chi connectivity index (χ0) is 18.7. The predicted octanol–water partition coefficient (Wildman–Crippen LogP) is 5.14. The first-order valence-corrected chi connectivity index (χ1v) is 9.36. The summed E-state index contributed by atoms with van der Waals surface area (Å²) in [5, 5.41) is 7.38. The molecule has 3 rings (SSSR count). The predicted molar refractivity (Wildman–Crippen MR) is 103 cm³/mol. The molecule has 0 unspecified atom stereocenters. The third kappa shape index (κ3) is 3.94. The van der Waals surface area contributed by atoms with Gasteiger partial charge in [-0.3, -0.25) is 4.79 Å². The monoisotopic (exact) mass is 410 g/mol. The van der Waals surface area contributed by atoms with Crippen LogP contribution in [0.3, 0.4) is 0 Å². The normalized spacial score (nSPS) is 12.2. The fraction of sp³-hybridized carbons (Fsp3) is 0.222. The van der Waals surface area contributed by atoms with Gasteiger partial charge in [0, 0.05) is 24.1 Å². The Morgan fingerprint density at radius 3 is 2.73 bits per heavy atom. The largest absolute Gasteiger partial charge is 0.374 e. The third-order valence-corrected chi connectivity index (χ3v) is 5.52. The molecule has 0 spiro atoms. The molecule has 26 heavy (non-hydrogen) atoms. The van der Waals surface area contributed by atoms with E-state index in [1.165, 1.54) is 11.3 Å². The lowest BCUT2D eigenvalue weighted by Crippen LogP contribution is -2.29. The molecule has 0 aliphatic rings. The number of amides is 1. The Labute approximate surface area is 164 Å². The molecule has 5 nitrogen and oxygen atoms in total. The Hall–Kier alpha value is -1.86. The number of hydrogen-bond donors (Lipinski definition) is 1. The van der Waals surface area contributed by atoms with Gasteiger partial charge in [-0.15, -0.1) is 11.3 Å². The Morgan fingerprint density at radius 1 is 1.31 bits per heavy atom. The molecule has 0 saturated carbocycles. The number of aromatic nitrogens is 1. The molecule has 0 aliphatic carbocycles. The van der Waals surface area contributed by atoms with Crippen molar-refractivity contribution in [3.63, 3.8) is 0 Å². The van der Waals surface area contributed by atoms with Crippen LogP contribution in [0.5, 0.6) is 0 Å². The number of methoxy groups -OCH3 is 1. The molecular weight excluding hydrogens is 395 g/mol. The SMILES string of the molecule is CO[C@@H](CNC(=O)c1c(-c2ccccc2Cl)noc1C)c1ccc(Cl)s1. The van der Waals surface area contributed by atoms with E-state index in [2.05, 4.69) is 10.5 Å². The highest BCUT2D eigenvalue weighted by molar-refractivity contribution is 7.16. The van der Waals surface area contributed by atoms with Gasteiger partial charge in [-0.1, -0.05) is 46.6 Å². The van der Waals surface area contributed by atoms with Crippen LogP contribution in [-0.4, -0.2) is 24.7 Å². The summed E-state index contributed by atoms with van der Waals surface area (Å²) in [5.74, 6) is 0.119. The molecular formula is C18H16Cl2N2O3S. The average molecular weight is 411 g/mol. The maximum atomic E-state index is 12.8. The van der Waals surface area contributed by atoms with Crippen LogP contribution in [-0.2, 0) is 4.74 Å². The molecule has 3 aromatic rings. The second-order valence-electron chi connectivity index (χ2n) is 5.52. The van der Waals surface area contributed by atoms with Gasteiger partial charge in [-0.2, -0.15) is 0 Å². The van der Waals surface area contributed by atoms with Crippen molar-refractivity contribution in [1.29, 1.82) is 0 Å². The highest BCUT2D eigenvalue weighted by atomic mass is 35.5. The van der Waals surface area contributed by atoms with Gasteiger partial charge < -0.3 is 14.6 Å². The molecule has 1 atom stereocenters. The van der Waals surface area contributed by atoms with Crippen molar-refractivity contribution in [3.05, 3.63) is 62.0 Å². The van der Waals surface area contributed by atoms with Gasteiger partial charge >= 0.3 is 0 Å². The number of carbonyl (C=O) groups is 1. The van der Waals surface area contributed by atoms with Crippen LogP contribution in [0.4, 0.5) is 0 Å². The van der Waals surface area contributed by atoms with Crippen LogP contribution in [0.1, 0.15) is 27.1 Å². The number of nitrogens with one attached hydrogen (secondary N) is 1. The van der Waals surface area contributed by atoms with Crippen LogP contribution in [0, 0.1) is 6.92 Å². The molecule has 0 saturated heterocycles. The molecule has 2 heterocycles. The molecule has 0 radical (unpaired) electrons. The number of thiophene rings is 1. The molecule has 136 valence electrons. The number of halogens is 2. The van der Waals surface area contributed by atoms with Gasteiger partial charge in [0.1, 0.15) is 23.1 Å². The molecule has 2 aromatic heterocycles. The lowest BCUT2D eigenvalue weighted by atomic mass is 10.1. The minimum Gasteiger partial charge on any atom is -0.374 e. The molecule has 1 amide bonds. The molecule has 0 fully saturated rings. The van der Waals surface area contributed by atoms with E-state index in [4.69, 9.17) is 32.5 Å². The van der Waals surface area contributed by atoms with E-state index in [0.29, 0.717) is 38.5 Å². The second-order valence-corrected chi connectivity index (χ2v) is 7.67. The van der Waals surface area contributed by atoms with E-state index in [0.717, 1.165) is 4.88 Å².